The lowest BCUT2D eigenvalue weighted by molar-refractivity contribution is 0.0554. The first-order valence-electron chi connectivity index (χ1n) is 5.80. The molecule has 1 heterocycles. The molecule has 0 N–H and O–H groups in total. The molecule has 1 saturated heterocycles. The number of nitriles is 1. The van der Waals surface area contributed by atoms with E-state index in [0.29, 0.717) is 13.1 Å². The molecule has 0 radical (unpaired) electrons. The lowest BCUT2D eigenvalue weighted by atomic mass is 10.2. The summed E-state index contributed by atoms with van der Waals surface area (Å²) in [5.41, 5.74) is -0.110. The number of ether oxygens (including phenoxy) is 1. The highest BCUT2D eigenvalue weighted by atomic mass is 32.2. The summed E-state index contributed by atoms with van der Waals surface area (Å²) in [7, 11) is -3.92. The summed E-state index contributed by atoms with van der Waals surface area (Å²) in [4.78, 5) is 11.0. The largest absolute Gasteiger partial charge is 0.447 e. The third-order valence-corrected chi connectivity index (χ3v) is 4.78. The Hall–Kier alpha value is -1.98. The van der Waals surface area contributed by atoms with Crippen molar-refractivity contribution < 1.29 is 22.3 Å². The molecule has 6 nitrogen and oxygen atoms in total. The number of carbonyl (C=O) groups excluding carboxylic acids is 1. The molecule has 0 amide bonds. The molecule has 20 heavy (non-hydrogen) atoms. The smallest absolute Gasteiger partial charge is 0.339 e. The Morgan fingerprint density at radius 3 is 2.70 bits per heavy atom. The molecule has 2 rings (SSSR count). The highest BCUT2D eigenvalue weighted by Crippen LogP contribution is 2.24. The summed E-state index contributed by atoms with van der Waals surface area (Å²) in [6, 6.07) is 4.56. The van der Waals surface area contributed by atoms with E-state index < -0.39 is 33.3 Å². The Kier molecular flexibility index (Phi) is 4.01. The van der Waals surface area contributed by atoms with Crippen LogP contribution in [0.2, 0.25) is 0 Å². The second kappa shape index (κ2) is 5.56. The zero-order chi connectivity index (χ0) is 14.8. The third-order valence-electron chi connectivity index (χ3n) is 2.87. The van der Waals surface area contributed by atoms with Gasteiger partial charge in [-0.05, 0) is 24.6 Å². The highest BCUT2D eigenvalue weighted by molar-refractivity contribution is 7.89. The Bertz CT molecular complexity index is 677. The van der Waals surface area contributed by atoms with Crippen molar-refractivity contribution in [3.63, 3.8) is 0 Å². The van der Waals surface area contributed by atoms with Crippen molar-refractivity contribution in [2.45, 2.75) is 11.3 Å². The molecular formula is C12H11FN2O4S. The van der Waals surface area contributed by atoms with E-state index in [2.05, 4.69) is 4.74 Å². The minimum Gasteiger partial charge on any atom is -0.447 e. The van der Waals surface area contributed by atoms with E-state index in [4.69, 9.17) is 5.26 Å². The van der Waals surface area contributed by atoms with Gasteiger partial charge in [0.25, 0.3) is 0 Å². The van der Waals surface area contributed by atoms with Crippen LogP contribution >= 0.6 is 0 Å². The van der Waals surface area contributed by atoms with Gasteiger partial charge < -0.3 is 4.74 Å². The Morgan fingerprint density at radius 2 is 2.15 bits per heavy atom. The van der Waals surface area contributed by atoms with Crippen LogP contribution in [0.3, 0.4) is 0 Å². The fourth-order valence-electron chi connectivity index (χ4n) is 1.68. The van der Waals surface area contributed by atoms with Crippen LogP contribution in [0.25, 0.3) is 0 Å². The highest BCUT2D eigenvalue weighted by Gasteiger charge is 2.32. The average Bonchev–Trinajstić information content (AvgIpc) is 2.33. The number of rotatable bonds is 4. The van der Waals surface area contributed by atoms with Gasteiger partial charge in [-0.25, -0.2) is 17.6 Å². The number of esters is 1. The first kappa shape index (κ1) is 14.4. The fraction of sp³-hybridized carbons (Fsp3) is 0.333. The minimum atomic E-state index is -3.92. The number of sulfonamides is 1. The third kappa shape index (κ3) is 2.64. The van der Waals surface area contributed by atoms with E-state index in [1.165, 1.54) is 0 Å². The average molecular weight is 298 g/mol. The van der Waals surface area contributed by atoms with Crippen LogP contribution in [-0.2, 0) is 14.8 Å². The molecule has 0 unspecified atom stereocenters. The Morgan fingerprint density at radius 1 is 1.45 bits per heavy atom. The van der Waals surface area contributed by atoms with Crippen molar-refractivity contribution in [3.05, 3.63) is 29.6 Å². The summed E-state index contributed by atoms with van der Waals surface area (Å²) < 4.78 is 43.6. The molecule has 0 aromatic heterocycles. The zero-order valence-corrected chi connectivity index (χ0v) is 11.2. The van der Waals surface area contributed by atoms with Gasteiger partial charge in [0.2, 0.25) is 10.0 Å². The Balaban J connectivity index is 2.34. The van der Waals surface area contributed by atoms with Crippen LogP contribution < -0.4 is 0 Å². The standard InChI is InChI=1S/C12H11FN2O4S/c13-10-3-2-9(12(16)19-7-4-14)8-11(10)20(17,18)15-5-1-6-15/h2-3,8H,1,5-7H2. The van der Waals surface area contributed by atoms with Crippen LogP contribution in [0.5, 0.6) is 0 Å². The normalized spacial score (nSPS) is 15.2. The maximum absolute atomic E-state index is 13.7. The van der Waals surface area contributed by atoms with Crippen LogP contribution in [0, 0.1) is 17.1 Å². The van der Waals surface area contributed by atoms with Gasteiger partial charge in [-0.15, -0.1) is 0 Å². The van der Waals surface area contributed by atoms with Gasteiger partial charge in [0.15, 0.2) is 6.61 Å². The maximum Gasteiger partial charge on any atom is 0.339 e. The molecule has 8 heteroatoms. The van der Waals surface area contributed by atoms with Gasteiger partial charge in [-0.2, -0.15) is 9.57 Å². The minimum absolute atomic E-state index is 0.110. The number of hydrogen-bond donors (Lipinski definition) is 0. The molecule has 1 aliphatic heterocycles. The van der Waals surface area contributed by atoms with Gasteiger partial charge in [0.1, 0.15) is 16.8 Å². The topological polar surface area (TPSA) is 87.5 Å². The van der Waals surface area contributed by atoms with E-state index in [1.807, 2.05) is 0 Å². The first-order valence-corrected chi connectivity index (χ1v) is 7.24. The fourth-order valence-corrected chi connectivity index (χ4v) is 3.28. The maximum atomic E-state index is 13.7. The number of carbonyl (C=O) groups is 1. The number of halogens is 1. The van der Waals surface area contributed by atoms with Gasteiger partial charge in [-0.1, -0.05) is 0 Å². The zero-order valence-electron chi connectivity index (χ0n) is 10.4. The van der Waals surface area contributed by atoms with Crippen molar-refractivity contribution in [1.29, 1.82) is 5.26 Å². The predicted molar refractivity (Wildman–Crippen MR) is 65.7 cm³/mol. The molecule has 0 spiro atoms. The van der Waals surface area contributed by atoms with Crippen molar-refractivity contribution in [3.8, 4) is 6.07 Å². The molecule has 1 fully saturated rings. The summed E-state index contributed by atoms with van der Waals surface area (Å²) in [5, 5.41) is 8.31. The van der Waals surface area contributed by atoms with E-state index in [0.717, 1.165) is 28.9 Å². The van der Waals surface area contributed by atoms with Crippen molar-refractivity contribution in [2.75, 3.05) is 19.7 Å². The summed E-state index contributed by atoms with van der Waals surface area (Å²) >= 11 is 0. The van der Waals surface area contributed by atoms with Gasteiger partial charge >= 0.3 is 5.97 Å². The summed E-state index contributed by atoms with van der Waals surface area (Å²) in [6.45, 7) is 0.222. The summed E-state index contributed by atoms with van der Waals surface area (Å²) in [5.74, 6) is -1.79. The molecule has 0 atom stereocenters. The first-order chi connectivity index (χ1) is 9.46. The quantitative estimate of drug-likeness (QED) is 0.771. The second-order valence-electron chi connectivity index (χ2n) is 4.14. The van der Waals surface area contributed by atoms with Crippen molar-refractivity contribution in [2.24, 2.45) is 0 Å². The lowest BCUT2D eigenvalue weighted by Crippen LogP contribution is -2.42. The Labute approximate surface area is 115 Å². The van der Waals surface area contributed by atoms with Crippen LogP contribution in [0.15, 0.2) is 23.1 Å². The van der Waals surface area contributed by atoms with E-state index >= 15 is 0 Å². The van der Waals surface area contributed by atoms with E-state index in [1.54, 1.807) is 6.07 Å². The van der Waals surface area contributed by atoms with Crippen LogP contribution in [0.1, 0.15) is 16.8 Å². The number of hydrogen-bond acceptors (Lipinski definition) is 5. The molecule has 0 saturated carbocycles. The number of benzene rings is 1. The SMILES string of the molecule is N#CCOC(=O)c1ccc(F)c(S(=O)(=O)N2CCC2)c1. The molecule has 0 bridgehead atoms. The second-order valence-corrected chi connectivity index (χ2v) is 6.04. The van der Waals surface area contributed by atoms with Crippen LogP contribution in [0.4, 0.5) is 4.39 Å². The molecular weight excluding hydrogens is 287 g/mol. The van der Waals surface area contributed by atoms with E-state index in [-0.39, 0.29) is 5.56 Å². The van der Waals surface area contributed by atoms with E-state index in [9.17, 15) is 17.6 Å². The van der Waals surface area contributed by atoms with Gasteiger partial charge in [-0.3, -0.25) is 0 Å². The lowest BCUT2D eigenvalue weighted by Gasteiger charge is -2.29. The molecule has 1 aromatic rings. The van der Waals surface area contributed by atoms with Gasteiger partial charge in [0.05, 0.1) is 5.56 Å². The predicted octanol–water partition coefficient (Wildman–Crippen LogP) is 0.900. The molecule has 1 aromatic carbocycles. The molecule has 106 valence electrons. The number of nitrogens with zero attached hydrogens (tertiary/aromatic N) is 2. The molecule has 1 aliphatic rings. The monoisotopic (exact) mass is 298 g/mol. The van der Waals surface area contributed by atoms with Gasteiger partial charge in [0, 0.05) is 13.1 Å². The molecule has 0 aliphatic carbocycles. The summed E-state index contributed by atoms with van der Waals surface area (Å²) in [6.07, 6.45) is 0.727. The van der Waals surface area contributed by atoms with Crippen molar-refractivity contribution >= 4 is 16.0 Å². The van der Waals surface area contributed by atoms with Crippen LogP contribution in [-0.4, -0.2) is 38.4 Å². The van der Waals surface area contributed by atoms with Crippen molar-refractivity contribution in [1.82, 2.24) is 4.31 Å².